The van der Waals surface area contributed by atoms with Gasteiger partial charge in [-0.15, -0.1) is 11.8 Å². The highest BCUT2D eigenvalue weighted by Crippen LogP contribution is 2.32. The summed E-state index contributed by atoms with van der Waals surface area (Å²) in [5.41, 5.74) is 1.21. The summed E-state index contributed by atoms with van der Waals surface area (Å²) in [6.07, 6.45) is 0. The van der Waals surface area contributed by atoms with Crippen LogP contribution >= 0.6 is 35.0 Å². The molecule has 126 valence electrons. The molecule has 0 radical (unpaired) electrons. The number of non-ortho nitro benzene ring substituents is 1. The van der Waals surface area contributed by atoms with Crippen molar-refractivity contribution in [1.29, 1.82) is 0 Å². The molecule has 0 saturated carbocycles. The van der Waals surface area contributed by atoms with E-state index in [4.69, 9.17) is 23.2 Å². The molecule has 1 amide bonds. The third kappa shape index (κ3) is 4.87. The lowest BCUT2D eigenvalue weighted by atomic mass is 10.1. The smallest absolute Gasteiger partial charge is 0.269 e. The fraction of sp³-hybridized carbons (Fsp3) is 0.188. The van der Waals surface area contributed by atoms with Crippen LogP contribution < -0.4 is 5.32 Å². The largest absolute Gasteiger partial charge is 0.323 e. The number of rotatable bonds is 6. The highest BCUT2D eigenvalue weighted by atomic mass is 35.5. The average molecular weight is 385 g/mol. The van der Waals surface area contributed by atoms with Crippen molar-refractivity contribution in [3.05, 3.63) is 68.2 Å². The van der Waals surface area contributed by atoms with Crippen LogP contribution in [-0.2, 0) is 4.79 Å². The van der Waals surface area contributed by atoms with Gasteiger partial charge in [0.05, 0.1) is 26.4 Å². The number of benzene rings is 2. The Balaban J connectivity index is 1.96. The van der Waals surface area contributed by atoms with Crippen LogP contribution in [0.1, 0.15) is 17.7 Å². The van der Waals surface area contributed by atoms with Crippen LogP contribution in [0.15, 0.2) is 42.5 Å². The minimum Gasteiger partial charge on any atom is -0.323 e. The molecule has 0 aromatic heterocycles. The zero-order valence-corrected chi connectivity index (χ0v) is 15.0. The lowest BCUT2D eigenvalue weighted by Gasteiger charge is -2.13. The Morgan fingerprint density at radius 2 is 1.88 bits per heavy atom. The maximum absolute atomic E-state index is 12.1. The summed E-state index contributed by atoms with van der Waals surface area (Å²) in [5, 5.41) is 14.2. The van der Waals surface area contributed by atoms with Crippen LogP contribution in [0.4, 0.5) is 11.4 Å². The van der Waals surface area contributed by atoms with E-state index in [2.05, 4.69) is 5.32 Å². The van der Waals surface area contributed by atoms with Crippen molar-refractivity contribution in [2.24, 2.45) is 0 Å². The summed E-state index contributed by atoms with van der Waals surface area (Å²) in [7, 11) is 0. The van der Waals surface area contributed by atoms with Gasteiger partial charge in [0.1, 0.15) is 0 Å². The standard InChI is InChI=1S/C16H14Cl2N2O3S/c1-10(11-4-2-5-12(8-11)20(22)23)24-9-15(21)19-16-13(17)6-3-7-14(16)18/h2-8,10H,9H2,1H3,(H,19,21)/t10-/m0/s1. The SMILES string of the molecule is C[C@H](SCC(=O)Nc1c(Cl)cccc1Cl)c1cccc([N+](=O)[O-])c1. The van der Waals surface area contributed by atoms with Gasteiger partial charge in [-0.05, 0) is 24.6 Å². The van der Waals surface area contributed by atoms with E-state index < -0.39 is 4.92 Å². The molecule has 0 unspecified atom stereocenters. The first-order chi connectivity index (χ1) is 11.4. The van der Waals surface area contributed by atoms with Gasteiger partial charge in [-0.25, -0.2) is 0 Å². The van der Waals surface area contributed by atoms with Crippen LogP contribution in [0, 0.1) is 10.1 Å². The number of hydrogen-bond donors (Lipinski definition) is 1. The first kappa shape index (κ1) is 18.6. The highest BCUT2D eigenvalue weighted by molar-refractivity contribution is 8.00. The van der Waals surface area contributed by atoms with Gasteiger partial charge in [0.15, 0.2) is 0 Å². The molecule has 8 heteroatoms. The number of anilines is 1. The average Bonchev–Trinajstić information content (AvgIpc) is 2.56. The Morgan fingerprint density at radius 1 is 1.25 bits per heavy atom. The van der Waals surface area contributed by atoms with Gasteiger partial charge in [-0.1, -0.05) is 41.4 Å². The molecule has 0 aliphatic carbocycles. The molecule has 1 atom stereocenters. The summed E-state index contributed by atoms with van der Waals surface area (Å²) < 4.78 is 0. The minimum absolute atomic E-state index is 0.0345. The van der Waals surface area contributed by atoms with E-state index in [-0.39, 0.29) is 22.6 Å². The van der Waals surface area contributed by atoms with E-state index in [9.17, 15) is 14.9 Å². The van der Waals surface area contributed by atoms with Gasteiger partial charge >= 0.3 is 0 Å². The molecule has 0 aliphatic heterocycles. The molecular weight excluding hydrogens is 371 g/mol. The van der Waals surface area contributed by atoms with Gasteiger partial charge in [0.25, 0.3) is 5.69 Å². The van der Waals surface area contributed by atoms with Crippen molar-refractivity contribution in [2.75, 3.05) is 11.1 Å². The molecule has 2 aromatic rings. The molecule has 0 spiro atoms. The Hall–Kier alpha value is -1.76. The van der Waals surface area contributed by atoms with Crippen molar-refractivity contribution in [2.45, 2.75) is 12.2 Å². The van der Waals surface area contributed by atoms with Crippen LogP contribution in [0.5, 0.6) is 0 Å². The van der Waals surface area contributed by atoms with Crippen LogP contribution in [0.3, 0.4) is 0 Å². The summed E-state index contributed by atoms with van der Waals surface area (Å²) in [6.45, 7) is 1.89. The predicted octanol–water partition coefficient (Wildman–Crippen LogP) is 5.33. The van der Waals surface area contributed by atoms with Gasteiger partial charge in [0, 0.05) is 17.4 Å². The van der Waals surface area contributed by atoms with E-state index in [0.29, 0.717) is 15.7 Å². The summed E-state index contributed by atoms with van der Waals surface area (Å²) in [6, 6.07) is 11.4. The number of nitrogens with zero attached hydrogens (tertiary/aromatic N) is 1. The summed E-state index contributed by atoms with van der Waals surface area (Å²) in [5.74, 6) is -0.0712. The first-order valence-corrected chi connectivity index (χ1v) is 8.78. The van der Waals surface area contributed by atoms with Crippen LogP contribution in [0.2, 0.25) is 10.0 Å². The quantitative estimate of drug-likeness (QED) is 0.539. The number of nitro groups is 1. The Labute approximate surface area is 153 Å². The number of carbonyl (C=O) groups excluding carboxylic acids is 1. The summed E-state index contributed by atoms with van der Waals surface area (Å²) >= 11 is 13.4. The van der Waals surface area contributed by atoms with E-state index in [1.807, 2.05) is 6.92 Å². The van der Waals surface area contributed by atoms with Gasteiger partial charge < -0.3 is 5.32 Å². The molecule has 1 N–H and O–H groups in total. The monoisotopic (exact) mass is 384 g/mol. The molecule has 2 rings (SSSR count). The molecule has 2 aromatic carbocycles. The van der Waals surface area contributed by atoms with Crippen molar-refractivity contribution in [3.63, 3.8) is 0 Å². The van der Waals surface area contributed by atoms with Crippen LogP contribution in [-0.4, -0.2) is 16.6 Å². The Bertz CT molecular complexity index is 750. The zero-order valence-electron chi connectivity index (χ0n) is 12.7. The van der Waals surface area contributed by atoms with E-state index in [1.54, 1.807) is 30.3 Å². The third-order valence-electron chi connectivity index (χ3n) is 3.24. The van der Waals surface area contributed by atoms with Gasteiger partial charge in [0.2, 0.25) is 5.91 Å². The molecule has 0 fully saturated rings. The first-order valence-electron chi connectivity index (χ1n) is 6.98. The van der Waals surface area contributed by atoms with E-state index in [0.717, 1.165) is 5.56 Å². The number of nitrogens with one attached hydrogen (secondary N) is 1. The Kier molecular flexibility index (Phi) is 6.48. The van der Waals surface area contributed by atoms with E-state index in [1.165, 1.54) is 23.9 Å². The number of carbonyl (C=O) groups is 1. The second-order valence-electron chi connectivity index (χ2n) is 4.95. The second-order valence-corrected chi connectivity index (χ2v) is 7.09. The summed E-state index contributed by atoms with van der Waals surface area (Å²) in [4.78, 5) is 22.5. The number of hydrogen-bond acceptors (Lipinski definition) is 4. The fourth-order valence-electron chi connectivity index (χ4n) is 1.98. The number of halogens is 2. The van der Waals surface area contributed by atoms with Crippen molar-refractivity contribution < 1.29 is 9.72 Å². The van der Waals surface area contributed by atoms with Crippen molar-refractivity contribution >= 4 is 52.2 Å². The molecule has 0 aliphatic rings. The molecule has 0 heterocycles. The zero-order chi connectivity index (χ0) is 17.7. The molecule has 0 bridgehead atoms. The molecular formula is C16H14Cl2N2O3S. The topological polar surface area (TPSA) is 72.2 Å². The normalized spacial score (nSPS) is 11.8. The fourth-order valence-corrected chi connectivity index (χ4v) is 3.29. The molecule has 0 saturated heterocycles. The predicted molar refractivity (Wildman–Crippen MR) is 99.1 cm³/mol. The number of thioether (sulfide) groups is 1. The number of para-hydroxylation sites is 1. The number of amides is 1. The molecule has 24 heavy (non-hydrogen) atoms. The van der Waals surface area contributed by atoms with Crippen molar-refractivity contribution in [3.8, 4) is 0 Å². The van der Waals surface area contributed by atoms with E-state index >= 15 is 0 Å². The lowest BCUT2D eigenvalue weighted by molar-refractivity contribution is -0.384. The lowest BCUT2D eigenvalue weighted by Crippen LogP contribution is -2.15. The van der Waals surface area contributed by atoms with Crippen molar-refractivity contribution in [1.82, 2.24) is 0 Å². The second kappa shape index (κ2) is 8.37. The maximum Gasteiger partial charge on any atom is 0.269 e. The van der Waals surface area contributed by atoms with Gasteiger partial charge in [-0.3, -0.25) is 14.9 Å². The Morgan fingerprint density at radius 3 is 2.50 bits per heavy atom. The van der Waals surface area contributed by atoms with Gasteiger partial charge in [-0.2, -0.15) is 0 Å². The minimum atomic E-state index is -0.438. The highest BCUT2D eigenvalue weighted by Gasteiger charge is 2.14. The maximum atomic E-state index is 12.1. The van der Waals surface area contributed by atoms with Crippen LogP contribution in [0.25, 0.3) is 0 Å². The third-order valence-corrected chi connectivity index (χ3v) is 5.07. The number of nitro benzene ring substituents is 1. The molecule has 5 nitrogen and oxygen atoms in total.